The number of benzene rings is 1. The summed E-state index contributed by atoms with van der Waals surface area (Å²) in [6.07, 6.45) is 8.73. The van der Waals surface area contributed by atoms with E-state index in [4.69, 9.17) is 4.74 Å². The van der Waals surface area contributed by atoms with Crippen LogP contribution in [0.2, 0.25) is 0 Å². The Morgan fingerprint density at radius 2 is 1.88 bits per heavy atom. The Bertz CT molecular complexity index is 784. The number of rotatable bonds is 7. The van der Waals surface area contributed by atoms with Gasteiger partial charge in [0.25, 0.3) is 0 Å². The molecular formula is C25H39N5O2. The lowest BCUT2D eigenvalue weighted by molar-refractivity contribution is -0.118. The summed E-state index contributed by atoms with van der Waals surface area (Å²) in [5.74, 6) is 1.05. The van der Waals surface area contributed by atoms with E-state index in [1.54, 1.807) is 0 Å². The minimum absolute atomic E-state index is 0.207. The van der Waals surface area contributed by atoms with E-state index in [-0.39, 0.29) is 11.4 Å². The lowest BCUT2D eigenvalue weighted by Crippen LogP contribution is -2.60. The number of para-hydroxylation sites is 1. The van der Waals surface area contributed by atoms with Crippen molar-refractivity contribution < 1.29 is 9.53 Å². The average Bonchev–Trinajstić information content (AvgIpc) is 3.29. The number of hydrogen-bond acceptors (Lipinski definition) is 4. The zero-order valence-corrected chi connectivity index (χ0v) is 19.6. The largest absolute Gasteiger partial charge is 0.379 e. The molecule has 0 atom stereocenters. The Morgan fingerprint density at radius 3 is 2.66 bits per heavy atom. The number of carbonyl (C=O) groups excluding carboxylic acids is 1. The molecule has 0 radical (unpaired) electrons. The summed E-state index contributed by atoms with van der Waals surface area (Å²) in [6, 6.07) is 8.24. The van der Waals surface area contributed by atoms with Gasteiger partial charge in [-0.1, -0.05) is 37.5 Å². The standard InChI is InChI=1S/C25H39N5O2/c1-26-24(28-20-25(12-5-2-6-13-25)29-16-18-32-19-17-29)27-14-7-10-23(31)30-15-11-21-8-3-4-9-22(21)30/h3-4,8-9H,2,5-7,10-20H2,1H3,(H2,26,27,28). The molecule has 1 saturated carbocycles. The second-order valence-corrected chi connectivity index (χ2v) is 9.26. The molecule has 176 valence electrons. The van der Waals surface area contributed by atoms with Gasteiger partial charge in [-0.2, -0.15) is 0 Å². The van der Waals surface area contributed by atoms with Crippen LogP contribution in [0.5, 0.6) is 0 Å². The highest BCUT2D eigenvalue weighted by atomic mass is 16.5. The van der Waals surface area contributed by atoms with Crippen LogP contribution in [-0.2, 0) is 16.0 Å². The lowest BCUT2D eigenvalue weighted by atomic mass is 9.80. The Hall–Kier alpha value is -2.12. The summed E-state index contributed by atoms with van der Waals surface area (Å²) in [5.41, 5.74) is 2.57. The molecule has 4 rings (SSSR count). The Balaban J connectivity index is 1.22. The first kappa shape index (κ1) is 23.1. The van der Waals surface area contributed by atoms with Gasteiger partial charge in [0.15, 0.2) is 5.96 Å². The van der Waals surface area contributed by atoms with Crippen molar-refractivity contribution in [3.05, 3.63) is 29.8 Å². The SMILES string of the molecule is CN=C(NCCCC(=O)N1CCc2ccccc21)NCC1(N2CCOCC2)CCCCC1. The molecule has 1 aromatic rings. The molecule has 2 heterocycles. The van der Waals surface area contributed by atoms with E-state index in [1.807, 2.05) is 24.1 Å². The smallest absolute Gasteiger partial charge is 0.227 e. The minimum Gasteiger partial charge on any atom is -0.379 e. The minimum atomic E-state index is 0.207. The fraction of sp³-hybridized carbons (Fsp3) is 0.680. The molecule has 1 amide bonds. The third-order valence-electron chi connectivity index (χ3n) is 7.32. The highest BCUT2D eigenvalue weighted by Crippen LogP contribution is 2.34. The van der Waals surface area contributed by atoms with Crippen molar-refractivity contribution >= 4 is 17.6 Å². The van der Waals surface area contributed by atoms with Crippen molar-refractivity contribution in [3.8, 4) is 0 Å². The topological polar surface area (TPSA) is 69.2 Å². The van der Waals surface area contributed by atoms with Crippen LogP contribution < -0.4 is 15.5 Å². The number of nitrogens with one attached hydrogen (secondary N) is 2. The maximum atomic E-state index is 12.7. The van der Waals surface area contributed by atoms with Gasteiger partial charge in [-0.3, -0.25) is 14.7 Å². The highest BCUT2D eigenvalue weighted by Gasteiger charge is 2.38. The van der Waals surface area contributed by atoms with Gasteiger partial charge < -0.3 is 20.3 Å². The Kier molecular flexibility index (Phi) is 8.03. The lowest BCUT2D eigenvalue weighted by Gasteiger charge is -2.48. The number of carbonyl (C=O) groups is 1. The summed E-state index contributed by atoms with van der Waals surface area (Å²) in [4.78, 5) is 21.7. The molecule has 2 aliphatic heterocycles. The van der Waals surface area contributed by atoms with Crippen molar-refractivity contribution in [3.63, 3.8) is 0 Å². The van der Waals surface area contributed by atoms with Crippen molar-refractivity contribution in [2.45, 2.75) is 56.9 Å². The summed E-state index contributed by atoms with van der Waals surface area (Å²) in [6.45, 7) is 6.18. The van der Waals surface area contributed by atoms with E-state index in [0.717, 1.165) is 70.4 Å². The molecule has 0 bridgehead atoms. The first-order valence-corrected chi connectivity index (χ1v) is 12.4. The van der Waals surface area contributed by atoms with Crippen LogP contribution in [0.3, 0.4) is 0 Å². The van der Waals surface area contributed by atoms with Crippen LogP contribution in [0.25, 0.3) is 0 Å². The predicted molar refractivity (Wildman–Crippen MR) is 129 cm³/mol. The van der Waals surface area contributed by atoms with Gasteiger partial charge in [-0.15, -0.1) is 0 Å². The van der Waals surface area contributed by atoms with Crippen molar-refractivity contribution in [1.29, 1.82) is 0 Å². The van der Waals surface area contributed by atoms with Gasteiger partial charge in [0.1, 0.15) is 0 Å². The monoisotopic (exact) mass is 441 g/mol. The van der Waals surface area contributed by atoms with Crippen LogP contribution in [0.1, 0.15) is 50.5 Å². The normalized spacial score (nSPS) is 21.3. The van der Waals surface area contributed by atoms with Crippen LogP contribution >= 0.6 is 0 Å². The van der Waals surface area contributed by atoms with E-state index in [0.29, 0.717) is 6.42 Å². The number of guanidine groups is 1. The van der Waals surface area contributed by atoms with Gasteiger partial charge in [-0.05, 0) is 37.3 Å². The Morgan fingerprint density at radius 1 is 1.09 bits per heavy atom. The quantitative estimate of drug-likeness (QED) is 0.387. The fourth-order valence-electron chi connectivity index (χ4n) is 5.50. The van der Waals surface area contributed by atoms with Gasteiger partial charge in [0, 0.05) is 57.4 Å². The van der Waals surface area contributed by atoms with Crippen molar-refractivity contribution in [1.82, 2.24) is 15.5 Å². The predicted octanol–water partition coefficient (Wildman–Crippen LogP) is 2.56. The van der Waals surface area contributed by atoms with Crippen molar-refractivity contribution in [2.24, 2.45) is 4.99 Å². The molecule has 0 aromatic heterocycles. The third-order valence-corrected chi connectivity index (χ3v) is 7.32. The zero-order valence-electron chi connectivity index (χ0n) is 19.6. The number of nitrogens with zero attached hydrogens (tertiary/aromatic N) is 3. The molecule has 2 fully saturated rings. The second-order valence-electron chi connectivity index (χ2n) is 9.26. The highest BCUT2D eigenvalue weighted by molar-refractivity contribution is 5.95. The van der Waals surface area contributed by atoms with E-state index in [9.17, 15) is 4.79 Å². The summed E-state index contributed by atoms with van der Waals surface area (Å²) < 4.78 is 5.59. The first-order valence-electron chi connectivity index (χ1n) is 12.4. The maximum absolute atomic E-state index is 12.7. The number of ether oxygens (including phenoxy) is 1. The fourth-order valence-corrected chi connectivity index (χ4v) is 5.50. The molecule has 0 unspecified atom stereocenters. The van der Waals surface area contributed by atoms with Crippen molar-refractivity contribution in [2.75, 3.05) is 57.9 Å². The molecular weight excluding hydrogens is 402 g/mol. The van der Waals surface area contributed by atoms with E-state index >= 15 is 0 Å². The Labute approximate surface area is 192 Å². The molecule has 3 aliphatic rings. The van der Waals surface area contributed by atoms with Gasteiger partial charge in [-0.25, -0.2) is 0 Å². The van der Waals surface area contributed by atoms with Crippen LogP contribution in [0.15, 0.2) is 29.3 Å². The van der Waals surface area contributed by atoms with E-state index in [1.165, 1.54) is 37.7 Å². The number of aliphatic imine (C=N–C) groups is 1. The number of fused-ring (bicyclic) bond motifs is 1. The van der Waals surface area contributed by atoms with Crippen LogP contribution in [-0.4, -0.2) is 75.3 Å². The van der Waals surface area contributed by atoms with Gasteiger partial charge in [0.2, 0.25) is 5.91 Å². The second kappa shape index (κ2) is 11.1. The van der Waals surface area contributed by atoms with E-state index in [2.05, 4.69) is 32.7 Å². The van der Waals surface area contributed by atoms with Crippen LogP contribution in [0, 0.1) is 0 Å². The molecule has 1 aliphatic carbocycles. The average molecular weight is 442 g/mol. The van der Waals surface area contributed by atoms with Gasteiger partial charge >= 0.3 is 0 Å². The number of amides is 1. The molecule has 0 spiro atoms. The molecule has 7 heteroatoms. The van der Waals surface area contributed by atoms with E-state index < -0.39 is 0 Å². The first-order chi connectivity index (χ1) is 15.7. The summed E-state index contributed by atoms with van der Waals surface area (Å²) in [7, 11) is 1.82. The molecule has 2 N–H and O–H groups in total. The van der Waals surface area contributed by atoms with Crippen LogP contribution in [0.4, 0.5) is 5.69 Å². The maximum Gasteiger partial charge on any atom is 0.227 e. The summed E-state index contributed by atoms with van der Waals surface area (Å²) >= 11 is 0. The number of anilines is 1. The third kappa shape index (κ3) is 5.44. The zero-order chi connectivity index (χ0) is 22.2. The summed E-state index contributed by atoms with van der Waals surface area (Å²) in [5, 5.41) is 7.01. The number of morpholine rings is 1. The molecule has 1 aromatic carbocycles. The molecule has 1 saturated heterocycles. The van der Waals surface area contributed by atoms with Gasteiger partial charge in [0.05, 0.1) is 13.2 Å². The molecule has 32 heavy (non-hydrogen) atoms. The molecule has 7 nitrogen and oxygen atoms in total. The number of hydrogen-bond donors (Lipinski definition) is 2.